The predicted molar refractivity (Wildman–Crippen MR) is 99.7 cm³/mol. The van der Waals surface area contributed by atoms with Crippen LogP contribution in [-0.4, -0.2) is 45.5 Å². The summed E-state index contributed by atoms with van der Waals surface area (Å²) >= 11 is 0. The second kappa shape index (κ2) is 7.06. The van der Waals surface area contributed by atoms with E-state index in [0.717, 1.165) is 5.69 Å². The minimum atomic E-state index is -3.48. The number of anilines is 1. The number of rotatable bonds is 4. The molecule has 3 rings (SSSR count). The van der Waals surface area contributed by atoms with Gasteiger partial charge in [0.2, 0.25) is 10.0 Å². The van der Waals surface area contributed by atoms with Gasteiger partial charge < -0.3 is 9.64 Å². The van der Waals surface area contributed by atoms with Crippen LogP contribution in [0.2, 0.25) is 0 Å². The van der Waals surface area contributed by atoms with Gasteiger partial charge in [-0.15, -0.1) is 0 Å². The molecule has 0 spiro atoms. The van der Waals surface area contributed by atoms with E-state index in [9.17, 15) is 8.42 Å². The Hall–Kier alpha value is -2.05. The zero-order valence-electron chi connectivity index (χ0n) is 14.8. The van der Waals surface area contributed by atoms with Crippen molar-refractivity contribution in [3.8, 4) is 5.75 Å². The molecule has 0 bridgehead atoms. The van der Waals surface area contributed by atoms with Gasteiger partial charge in [0, 0.05) is 31.4 Å². The maximum atomic E-state index is 12.9. The van der Waals surface area contributed by atoms with Crippen molar-refractivity contribution >= 4 is 15.7 Å². The summed E-state index contributed by atoms with van der Waals surface area (Å²) in [5.41, 5.74) is 2.36. The fourth-order valence-corrected chi connectivity index (χ4v) is 4.67. The predicted octanol–water partition coefficient (Wildman–Crippen LogP) is 2.90. The summed E-state index contributed by atoms with van der Waals surface area (Å²) in [6, 6.07) is 15.0. The van der Waals surface area contributed by atoms with Gasteiger partial charge in [-0.1, -0.05) is 17.7 Å². The van der Waals surface area contributed by atoms with Crippen LogP contribution in [0.15, 0.2) is 53.4 Å². The number of aryl methyl sites for hydroxylation is 1. The summed E-state index contributed by atoms with van der Waals surface area (Å²) in [6.07, 6.45) is 0. The van der Waals surface area contributed by atoms with Gasteiger partial charge in [0.1, 0.15) is 5.75 Å². The summed E-state index contributed by atoms with van der Waals surface area (Å²) in [5, 5.41) is 0. The van der Waals surface area contributed by atoms with E-state index in [1.54, 1.807) is 35.7 Å². The Balaban J connectivity index is 1.76. The van der Waals surface area contributed by atoms with Crippen molar-refractivity contribution in [3.63, 3.8) is 0 Å². The van der Waals surface area contributed by atoms with E-state index < -0.39 is 10.0 Å². The van der Waals surface area contributed by atoms with Crippen molar-refractivity contribution in [3.05, 3.63) is 54.1 Å². The lowest BCUT2D eigenvalue weighted by Gasteiger charge is -2.40. The number of hydrogen-bond donors (Lipinski definition) is 0. The fraction of sp³-hybridized carbons (Fsp3) is 0.368. The summed E-state index contributed by atoms with van der Waals surface area (Å²) in [5.74, 6) is 0.650. The van der Waals surface area contributed by atoms with Crippen LogP contribution in [0.4, 0.5) is 5.69 Å². The van der Waals surface area contributed by atoms with Crippen LogP contribution in [0.1, 0.15) is 12.5 Å². The van der Waals surface area contributed by atoms with Crippen LogP contribution in [0, 0.1) is 6.92 Å². The van der Waals surface area contributed by atoms with E-state index >= 15 is 0 Å². The topological polar surface area (TPSA) is 49.9 Å². The summed E-state index contributed by atoms with van der Waals surface area (Å²) in [6.45, 7) is 5.76. The Morgan fingerprint density at radius 3 is 2.20 bits per heavy atom. The van der Waals surface area contributed by atoms with Crippen molar-refractivity contribution in [2.75, 3.05) is 31.6 Å². The second-order valence-electron chi connectivity index (χ2n) is 6.42. The van der Waals surface area contributed by atoms with E-state index in [1.807, 2.05) is 0 Å². The third-order valence-corrected chi connectivity index (χ3v) is 6.53. The Bertz CT molecular complexity index is 817. The quantitative estimate of drug-likeness (QED) is 0.841. The van der Waals surface area contributed by atoms with Crippen LogP contribution in [-0.2, 0) is 10.0 Å². The lowest BCUT2D eigenvalue weighted by molar-refractivity contribution is 0.342. The minimum Gasteiger partial charge on any atom is -0.497 e. The highest BCUT2D eigenvalue weighted by atomic mass is 32.2. The number of hydrogen-bond acceptors (Lipinski definition) is 4. The first-order valence-corrected chi connectivity index (χ1v) is 9.83. The number of methoxy groups -OCH3 is 1. The highest BCUT2D eigenvalue weighted by Gasteiger charge is 2.32. The number of ether oxygens (including phenoxy) is 1. The molecule has 1 aliphatic heterocycles. The molecule has 134 valence electrons. The molecule has 1 fully saturated rings. The molecule has 0 N–H and O–H groups in total. The molecular weight excluding hydrogens is 336 g/mol. The molecule has 0 aromatic heterocycles. The van der Waals surface area contributed by atoms with E-state index in [0.29, 0.717) is 30.3 Å². The molecule has 25 heavy (non-hydrogen) atoms. The van der Waals surface area contributed by atoms with Gasteiger partial charge in [-0.2, -0.15) is 4.31 Å². The van der Waals surface area contributed by atoms with Gasteiger partial charge in [0.05, 0.1) is 12.0 Å². The fourth-order valence-electron chi connectivity index (χ4n) is 3.16. The van der Waals surface area contributed by atoms with Gasteiger partial charge in [0.15, 0.2) is 0 Å². The summed E-state index contributed by atoms with van der Waals surface area (Å²) < 4.78 is 32.4. The minimum absolute atomic E-state index is 0.115. The molecule has 1 heterocycles. The van der Waals surface area contributed by atoms with Gasteiger partial charge in [-0.3, -0.25) is 0 Å². The van der Waals surface area contributed by atoms with Gasteiger partial charge in [0.25, 0.3) is 0 Å². The van der Waals surface area contributed by atoms with E-state index in [4.69, 9.17) is 4.74 Å². The molecular formula is C19H24N2O3S. The van der Waals surface area contributed by atoms with Crippen molar-refractivity contribution in [2.45, 2.75) is 24.8 Å². The monoisotopic (exact) mass is 360 g/mol. The van der Waals surface area contributed by atoms with Crippen LogP contribution >= 0.6 is 0 Å². The molecule has 1 atom stereocenters. The van der Waals surface area contributed by atoms with E-state index in [1.165, 1.54) is 5.56 Å². The summed E-state index contributed by atoms with van der Waals surface area (Å²) in [4.78, 5) is 2.57. The van der Waals surface area contributed by atoms with Gasteiger partial charge >= 0.3 is 0 Å². The van der Waals surface area contributed by atoms with Crippen molar-refractivity contribution in [2.24, 2.45) is 0 Å². The zero-order chi connectivity index (χ0) is 18.0. The number of nitrogens with zero attached hydrogens (tertiary/aromatic N) is 2. The van der Waals surface area contributed by atoms with Gasteiger partial charge in [-0.05, 0) is 50.2 Å². The first-order valence-electron chi connectivity index (χ1n) is 8.39. The Kier molecular flexibility index (Phi) is 5.01. The molecule has 0 aliphatic carbocycles. The second-order valence-corrected chi connectivity index (χ2v) is 8.35. The third-order valence-electron chi connectivity index (χ3n) is 4.65. The Labute approximate surface area is 149 Å². The Morgan fingerprint density at radius 1 is 1.00 bits per heavy atom. The number of benzene rings is 2. The third kappa shape index (κ3) is 3.65. The van der Waals surface area contributed by atoms with Crippen molar-refractivity contribution in [1.82, 2.24) is 4.31 Å². The smallest absolute Gasteiger partial charge is 0.243 e. The highest BCUT2D eigenvalue weighted by Crippen LogP contribution is 2.25. The molecule has 1 saturated heterocycles. The largest absolute Gasteiger partial charge is 0.497 e. The van der Waals surface area contributed by atoms with E-state index in [2.05, 4.69) is 43.0 Å². The molecule has 0 saturated carbocycles. The average Bonchev–Trinajstić information content (AvgIpc) is 2.62. The zero-order valence-corrected chi connectivity index (χ0v) is 15.7. The first-order chi connectivity index (χ1) is 11.9. The molecule has 5 nitrogen and oxygen atoms in total. The summed E-state index contributed by atoms with van der Waals surface area (Å²) in [7, 11) is -1.92. The van der Waals surface area contributed by atoms with Crippen LogP contribution in [0.5, 0.6) is 5.75 Å². The van der Waals surface area contributed by atoms with Crippen LogP contribution in [0.25, 0.3) is 0 Å². The SMILES string of the molecule is COc1ccc(S(=O)(=O)N2CCN(c3ccc(C)cc3)C(C)C2)cc1. The van der Waals surface area contributed by atoms with Gasteiger partial charge in [-0.25, -0.2) is 8.42 Å². The molecule has 0 radical (unpaired) electrons. The molecule has 2 aromatic rings. The number of sulfonamides is 1. The molecule has 2 aromatic carbocycles. The Morgan fingerprint density at radius 2 is 1.64 bits per heavy atom. The lowest BCUT2D eigenvalue weighted by atomic mass is 10.1. The standard InChI is InChI=1S/C19H24N2O3S/c1-15-4-6-17(7-5-15)21-13-12-20(14-16(21)2)25(22,23)19-10-8-18(24-3)9-11-19/h4-11,16H,12-14H2,1-3H3. The first kappa shape index (κ1) is 17.8. The van der Waals surface area contributed by atoms with Crippen molar-refractivity contribution < 1.29 is 13.2 Å². The van der Waals surface area contributed by atoms with Crippen molar-refractivity contribution in [1.29, 1.82) is 0 Å². The number of piperazine rings is 1. The average molecular weight is 360 g/mol. The normalized spacial score (nSPS) is 19.0. The molecule has 1 aliphatic rings. The lowest BCUT2D eigenvalue weighted by Crippen LogP contribution is -2.53. The highest BCUT2D eigenvalue weighted by molar-refractivity contribution is 7.89. The molecule has 0 amide bonds. The van der Waals surface area contributed by atoms with Crippen LogP contribution in [0.3, 0.4) is 0 Å². The molecule has 6 heteroatoms. The molecule has 1 unspecified atom stereocenters. The maximum absolute atomic E-state index is 12.9. The maximum Gasteiger partial charge on any atom is 0.243 e. The van der Waals surface area contributed by atoms with Crippen LogP contribution < -0.4 is 9.64 Å². The van der Waals surface area contributed by atoms with E-state index in [-0.39, 0.29) is 6.04 Å².